The van der Waals surface area contributed by atoms with E-state index in [2.05, 4.69) is 9.47 Å². The first-order valence-corrected chi connectivity index (χ1v) is 3.16. The zero-order valence-corrected chi connectivity index (χ0v) is 7.12. The molecule has 0 aromatic carbocycles. The third kappa shape index (κ3) is 1.61. The molecule has 0 aromatic heterocycles. The van der Waals surface area contributed by atoms with Crippen LogP contribution in [0.5, 0.6) is 0 Å². The highest BCUT2D eigenvalue weighted by Crippen LogP contribution is 2.16. The molecule has 0 aliphatic carbocycles. The van der Waals surface area contributed by atoms with Crippen molar-refractivity contribution in [3.63, 3.8) is 0 Å². The fourth-order valence-corrected chi connectivity index (χ4v) is 0.604. The molecule has 0 saturated heterocycles. The predicted octanol–water partition coefficient (Wildman–Crippen LogP) is -0.462. The van der Waals surface area contributed by atoms with Crippen LogP contribution < -0.4 is 0 Å². The SMILES string of the molecule is COC(=O)C(C)(C=O)C(=O)OC. The second kappa shape index (κ2) is 3.85. The Bertz CT molecular complexity index is 192. The van der Waals surface area contributed by atoms with E-state index < -0.39 is 17.4 Å². The Morgan fingerprint density at radius 1 is 1.17 bits per heavy atom. The van der Waals surface area contributed by atoms with Crippen molar-refractivity contribution in [3.8, 4) is 0 Å². The van der Waals surface area contributed by atoms with E-state index >= 15 is 0 Å². The molecule has 0 atom stereocenters. The Labute approximate surface area is 69.6 Å². The molecule has 5 heteroatoms. The number of rotatable bonds is 3. The molecule has 0 unspecified atom stereocenters. The van der Waals surface area contributed by atoms with Gasteiger partial charge in [0.25, 0.3) is 0 Å². The minimum Gasteiger partial charge on any atom is -0.468 e. The van der Waals surface area contributed by atoms with E-state index in [4.69, 9.17) is 0 Å². The smallest absolute Gasteiger partial charge is 0.330 e. The van der Waals surface area contributed by atoms with E-state index in [9.17, 15) is 14.4 Å². The van der Waals surface area contributed by atoms with Gasteiger partial charge in [0, 0.05) is 0 Å². The molecule has 0 N–H and O–H groups in total. The summed E-state index contributed by atoms with van der Waals surface area (Å²) >= 11 is 0. The molecule has 0 aliphatic heterocycles. The van der Waals surface area contributed by atoms with Crippen LogP contribution in [0.25, 0.3) is 0 Å². The second-order valence-electron chi connectivity index (χ2n) is 2.30. The number of methoxy groups -OCH3 is 2. The van der Waals surface area contributed by atoms with Gasteiger partial charge in [0.2, 0.25) is 5.41 Å². The van der Waals surface area contributed by atoms with Crippen LogP contribution in [0.3, 0.4) is 0 Å². The van der Waals surface area contributed by atoms with Crippen LogP contribution in [0.4, 0.5) is 0 Å². The Morgan fingerprint density at radius 3 is 1.67 bits per heavy atom. The highest BCUT2D eigenvalue weighted by molar-refractivity contribution is 6.12. The Hall–Kier alpha value is -1.39. The first-order valence-electron chi connectivity index (χ1n) is 3.16. The minimum atomic E-state index is -1.84. The van der Waals surface area contributed by atoms with E-state index in [0.29, 0.717) is 0 Å². The number of aldehydes is 1. The maximum atomic E-state index is 10.9. The fraction of sp³-hybridized carbons (Fsp3) is 0.571. The number of carbonyl (C=O) groups is 3. The van der Waals surface area contributed by atoms with Crippen molar-refractivity contribution in [2.45, 2.75) is 6.92 Å². The number of hydrogen-bond acceptors (Lipinski definition) is 5. The zero-order valence-electron chi connectivity index (χ0n) is 7.12. The van der Waals surface area contributed by atoms with Gasteiger partial charge in [-0.05, 0) is 6.92 Å². The normalized spacial score (nSPS) is 10.2. The molecule has 0 spiro atoms. The molecular formula is C7H10O5. The third-order valence-electron chi connectivity index (χ3n) is 1.45. The molecule has 0 radical (unpaired) electrons. The number of carbonyl (C=O) groups excluding carboxylic acids is 3. The summed E-state index contributed by atoms with van der Waals surface area (Å²) in [4.78, 5) is 32.2. The zero-order chi connectivity index (χ0) is 9.78. The van der Waals surface area contributed by atoms with Crippen molar-refractivity contribution < 1.29 is 23.9 Å². The summed E-state index contributed by atoms with van der Waals surface area (Å²) in [5.74, 6) is -1.85. The van der Waals surface area contributed by atoms with Gasteiger partial charge in [-0.3, -0.25) is 9.59 Å². The van der Waals surface area contributed by atoms with Gasteiger partial charge in [0.15, 0.2) is 0 Å². The maximum absolute atomic E-state index is 10.9. The van der Waals surface area contributed by atoms with Crippen molar-refractivity contribution in [2.24, 2.45) is 5.41 Å². The van der Waals surface area contributed by atoms with Crippen LogP contribution in [0.1, 0.15) is 6.92 Å². The summed E-state index contributed by atoms with van der Waals surface area (Å²) in [5, 5.41) is 0. The lowest BCUT2D eigenvalue weighted by Crippen LogP contribution is -2.39. The van der Waals surface area contributed by atoms with Crippen LogP contribution >= 0.6 is 0 Å². The quantitative estimate of drug-likeness (QED) is 0.329. The van der Waals surface area contributed by atoms with Crippen molar-refractivity contribution in [2.75, 3.05) is 14.2 Å². The van der Waals surface area contributed by atoms with Gasteiger partial charge in [-0.15, -0.1) is 0 Å². The number of esters is 2. The highest BCUT2D eigenvalue weighted by Gasteiger charge is 2.43. The van der Waals surface area contributed by atoms with Gasteiger partial charge in [-0.1, -0.05) is 0 Å². The van der Waals surface area contributed by atoms with E-state index in [1.165, 1.54) is 0 Å². The average molecular weight is 174 g/mol. The predicted molar refractivity (Wildman–Crippen MR) is 38.2 cm³/mol. The first kappa shape index (κ1) is 10.6. The molecule has 0 amide bonds. The van der Waals surface area contributed by atoms with Crippen LogP contribution in [0, 0.1) is 5.41 Å². The molecule has 68 valence electrons. The standard InChI is InChI=1S/C7H10O5/c1-7(4-8,5(9)11-2)6(10)12-3/h4H,1-3H3. The summed E-state index contributed by atoms with van der Waals surface area (Å²) in [5.41, 5.74) is -1.84. The van der Waals surface area contributed by atoms with E-state index in [-0.39, 0.29) is 6.29 Å². The lowest BCUT2D eigenvalue weighted by Gasteiger charge is -2.15. The largest absolute Gasteiger partial charge is 0.468 e. The van der Waals surface area contributed by atoms with Gasteiger partial charge in [0.1, 0.15) is 6.29 Å². The average Bonchev–Trinajstić information content (AvgIpc) is 2.13. The van der Waals surface area contributed by atoms with Crippen molar-refractivity contribution in [1.29, 1.82) is 0 Å². The molecule has 0 aliphatic rings. The van der Waals surface area contributed by atoms with Gasteiger partial charge in [-0.2, -0.15) is 0 Å². The van der Waals surface area contributed by atoms with E-state index in [1.54, 1.807) is 0 Å². The molecule has 0 aromatic rings. The molecular weight excluding hydrogens is 164 g/mol. The third-order valence-corrected chi connectivity index (χ3v) is 1.45. The molecule has 0 saturated carbocycles. The summed E-state index contributed by atoms with van der Waals surface area (Å²) in [6.45, 7) is 1.14. The monoisotopic (exact) mass is 174 g/mol. The van der Waals surface area contributed by atoms with Gasteiger partial charge >= 0.3 is 11.9 Å². The molecule has 0 heterocycles. The lowest BCUT2D eigenvalue weighted by molar-refractivity contribution is -0.167. The van der Waals surface area contributed by atoms with Crippen molar-refractivity contribution >= 4 is 18.2 Å². The molecule has 12 heavy (non-hydrogen) atoms. The van der Waals surface area contributed by atoms with Crippen LogP contribution in [-0.4, -0.2) is 32.4 Å². The second-order valence-corrected chi connectivity index (χ2v) is 2.30. The van der Waals surface area contributed by atoms with Crippen LogP contribution in [-0.2, 0) is 23.9 Å². The summed E-state index contributed by atoms with van der Waals surface area (Å²) in [6, 6.07) is 0. The van der Waals surface area contributed by atoms with E-state index in [0.717, 1.165) is 21.1 Å². The van der Waals surface area contributed by atoms with Gasteiger partial charge in [-0.25, -0.2) is 0 Å². The van der Waals surface area contributed by atoms with Crippen LogP contribution in [0.15, 0.2) is 0 Å². The summed E-state index contributed by atoms with van der Waals surface area (Å²) < 4.78 is 8.52. The molecule has 0 fully saturated rings. The maximum Gasteiger partial charge on any atom is 0.330 e. The molecule has 0 bridgehead atoms. The summed E-state index contributed by atoms with van der Waals surface area (Å²) in [6.07, 6.45) is 0.199. The Kier molecular flexibility index (Phi) is 3.40. The van der Waals surface area contributed by atoms with E-state index in [1.807, 2.05) is 0 Å². The molecule has 5 nitrogen and oxygen atoms in total. The number of ether oxygens (including phenoxy) is 2. The minimum absolute atomic E-state index is 0.199. The summed E-state index contributed by atoms with van der Waals surface area (Å²) in [7, 11) is 2.18. The molecule has 0 rings (SSSR count). The van der Waals surface area contributed by atoms with Crippen molar-refractivity contribution in [1.82, 2.24) is 0 Å². The Balaban J connectivity index is 4.79. The van der Waals surface area contributed by atoms with Gasteiger partial charge in [0.05, 0.1) is 14.2 Å². The number of hydrogen-bond donors (Lipinski definition) is 0. The Morgan fingerprint density at radius 2 is 1.50 bits per heavy atom. The van der Waals surface area contributed by atoms with Crippen LogP contribution in [0.2, 0.25) is 0 Å². The van der Waals surface area contributed by atoms with Crippen molar-refractivity contribution in [3.05, 3.63) is 0 Å². The first-order chi connectivity index (χ1) is 5.52. The van der Waals surface area contributed by atoms with Gasteiger partial charge < -0.3 is 14.3 Å². The topological polar surface area (TPSA) is 69.7 Å². The fourth-order valence-electron chi connectivity index (χ4n) is 0.604. The lowest BCUT2D eigenvalue weighted by atomic mass is 9.93. The highest BCUT2D eigenvalue weighted by atomic mass is 16.5.